The minimum Gasteiger partial charge on any atom is -0.348 e. The number of hydrogen-bond acceptors (Lipinski definition) is 1. The van der Waals surface area contributed by atoms with Crippen molar-refractivity contribution in [3.63, 3.8) is 0 Å². The van der Waals surface area contributed by atoms with Gasteiger partial charge < -0.3 is 5.32 Å². The molecule has 1 fully saturated rings. The van der Waals surface area contributed by atoms with Crippen LogP contribution in [0.3, 0.4) is 0 Å². The molecule has 1 saturated heterocycles. The number of carbonyl (C=O) groups excluding carboxylic acids is 1. The number of hydrogen-bond donors (Lipinski definition) is 1. The monoisotopic (exact) mass is 197 g/mol. The number of rotatable bonds is 2. The zero-order valence-corrected chi connectivity index (χ0v) is 10.1. The maximum Gasteiger partial charge on any atom is 0.228 e. The van der Waals surface area contributed by atoms with E-state index in [9.17, 15) is 4.79 Å². The Labute approximate surface area is 81.4 Å². The van der Waals surface area contributed by atoms with E-state index in [1.165, 1.54) is 0 Å². The highest BCUT2D eigenvalue weighted by Crippen LogP contribution is 2.30. The van der Waals surface area contributed by atoms with Gasteiger partial charge in [-0.15, -0.1) is 0 Å². The number of carbonyl (C=O) groups is 1. The van der Waals surface area contributed by atoms with E-state index in [1.54, 1.807) is 0 Å². The van der Waals surface area contributed by atoms with Crippen molar-refractivity contribution in [2.24, 2.45) is 5.41 Å². The molecule has 1 unspecified atom stereocenters. The van der Waals surface area contributed by atoms with Gasteiger partial charge in [-0.05, 0) is 13.8 Å². The molecule has 3 heteroatoms. The SMILES string of the molecule is CC1(C)C(=O)NC1/C=C/[Si](C)(C)C. The van der Waals surface area contributed by atoms with Gasteiger partial charge in [0.05, 0.1) is 19.5 Å². The summed E-state index contributed by atoms with van der Waals surface area (Å²) in [6.07, 6.45) is 2.16. The third-order valence-corrected chi connectivity index (χ3v) is 3.63. The van der Waals surface area contributed by atoms with Crippen molar-refractivity contribution in [2.45, 2.75) is 39.5 Å². The number of β-lactam (4-membered cyclic amide) rings is 1. The summed E-state index contributed by atoms with van der Waals surface area (Å²) in [6.45, 7) is 10.8. The standard InChI is InChI=1S/C10H19NOSi/c1-10(2)8(11-9(10)12)6-7-13(3,4)5/h6-8H,1-5H3,(H,11,12)/b7-6+. The Morgan fingerprint density at radius 3 is 2.23 bits per heavy atom. The molecular formula is C10H19NOSi. The van der Waals surface area contributed by atoms with E-state index in [2.05, 4.69) is 36.7 Å². The van der Waals surface area contributed by atoms with Crippen molar-refractivity contribution in [3.05, 3.63) is 11.8 Å². The average molecular weight is 197 g/mol. The summed E-state index contributed by atoms with van der Waals surface area (Å²) in [6, 6.07) is 0.242. The molecule has 0 radical (unpaired) electrons. The molecule has 0 aliphatic carbocycles. The van der Waals surface area contributed by atoms with E-state index in [1.807, 2.05) is 13.8 Å². The fourth-order valence-corrected chi connectivity index (χ4v) is 2.01. The molecule has 13 heavy (non-hydrogen) atoms. The van der Waals surface area contributed by atoms with Crippen LogP contribution in [-0.4, -0.2) is 20.0 Å². The van der Waals surface area contributed by atoms with Gasteiger partial charge in [0.15, 0.2) is 0 Å². The van der Waals surface area contributed by atoms with Crippen molar-refractivity contribution >= 4 is 14.0 Å². The van der Waals surface area contributed by atoms with Crippen molar-refractivity contribution < 1.29 is 4.79 Å². The number of amides is 1. The zero-order valence-electron chi connectivity index (χ0n) is 9.14. The molecule has 0 aromatic heterocycles. The molecule has 1 atom stereocenters. The van der Waals surface area contributed by atoms with Crippen molar-refractivity contribution in [3.8, 4) is 0 Å². The van der Waals surface area contributed by atoms with Gasteiger partial charge in [0.2, 0.25) is 5.91 Å². The van der Waals surface area contributed by atoms with Gasteiger partial charge in [-0.25, -0.2) is 0 Å². The molecular weight excluding hydrogens is 178 g/mol. The summed E-state index contributed by atoms with van der Waals surface area (Å²) in [5, 5.41) is 2.90. The predicted molar refractivity (Wildman–Crippen MR) is 58.2 cm³/mol. The Balaban J connectivity index is 2.59. The molecule has 1 aliphatic rings. The van der Waals surface area contributed by atoms with E-state index in [0.717, 1.165) is 0 Å². The van der Waals surface area contributed by atoms with Crippen LogP contribution in [0, 0.1) is 5.41 Å². The highest BCUT2D eigenvalue weighted by Gasteiger charge is 2.45. The molecule has 0 aromatic carbocycles. The first-order valence-electron chi connectivity index (χ1n) is 4.74. The summed E-state index contributed by atoms with van der Waals surface area (Å²) >= 11 is 0. The second-order valence-electron chi connectivity index (χ2n) is 5.40. The molecule has 0 aromatic rings. The first-order chi connectivity index (χ1) is 5.73. The highest BCUT2D eigenvalue weighted by molar-refractivity contribution is 6.80. The molecule has 0 bridgehead atoms. The van der Waals surface area contributed by atoms with E-state index in [0.29, 0.717) is 0 Å². The van der Waals surface area contributed by atoms with Crippen molar-refractivity contribution in [1.82, 2.24) is 5.32 Å². The molecule has 2 nitrogen and oxygen atoms in total. The van der Waals surface area contributed by atoms with E-state index in [4.69, 9.17) is 0 Å². The van der Waals surface area contributed by atoms with Crippen LogP contribution in [0.5, 0.6) is 0 Å². The maximum atomic E-state index is 11.2. The third-order valence-electron chi connectivity index (χ3n) is 2.44. The average Bonchev–Trinajstić information content (AvgIpc) is 1.95. The van der Waals surface area contributed by atoms with Gasteiger partial charge in [-0.3, -0.25) is 4.79 Å². The van der Waals surface area contributed by atoms with Gasteiger partial charge in [0.1, 0.15) is 0 Å². The van der Waals surface area contributed by atoms with Crippen LogP contribution in [0.15, 0.2) is 11.8 Å². The van der Waals surface area contributed by atoms with Gasteiger partial charge in [0, 0.05) is 0 Å². The van der Waals surface area contributed by atoms with Crippen molar-refractivity contribution in [1.29, 1.82) is 0 Å². The lowest BCUT2D eigenvalue weighted by Crippen LogP contribution is -2.63. The Morgan fingerprint density at radius 2 is 1.92 bits per heavy atom. The molecule has 1 N–H and O–H groups in total. The van der Waals surface area contributed by atoms with Gasteiger partial charge in [0.25, 0.3) is 0 Å². The highest BCUT2D eigenvalue weighted by atomic mass is 28.3. The topological polar surface area (TPSA) is 29.1 Å². The third kappa shape index (κ3) is 2.21. The summed E-state index contributed by atoms with van der Waals surface area (Å²) in [5.74, 6) is 0.165. The Bertz CT molecular complexity index is 250. The van der Waals surface area contributed by atoms with Crippen LogP contribution >= 0.6 is 0 Å². The number of nitrogens with one attached hydrogen (secondary N) is 1. The lowest BCUT2D eigenvalue weighted by molar-refractivity contribution is -0.140. The molecule has 1 rings (SSSR count). The molecule has 0 saturated carbocycles. The molecule has 1 amide bonds. The van der Waals surface area contributed by atoms with Crippen molar-refractivity contribution in [2.75, 3.05) is 0 Å². The summed E-state index contributed by atoms with van der Waals surface area (Å²) in [4.78, 5) is 11.2. The van der Waals surface area contributed by atoms with E-state index >= 15 is 0 Å². The first kappa shape index (κ1) is 10.5. The largest absolute Gasteiger partial charge is 0.348 e. The maximum absolute atomic E-state index is 11.2. The van der Waals surface area contributed by atoms with Gasteiger partial charge >= 0.3 is 0 Å². The Kier molecular flexibility index (Phi) is 2.41. The lowest BCUT2D eigenvalue weighted by Gasteiger charge is -2.42. The van der Waals surface area contributed by atoms with Crippen LogP contribution < -0.4 is 5.32 Å². The molecule has 1 heterocycles. The quantitative estimate of drug-likeness (QED) is 0.532. The predicted octanol–water partition coefficient (Wildman–Crippen LogP) is 1.94. The smallest absolute Gasteiger partial charge is 0.228 e. The Hall–Kier alpha value is -0.573. The molecule has 74 valence electrons. The fraction of sp³-hybridized carbons (Fsp3) is 0.700. The van der Waals surface area contributed by atoms with Gasteiger partial charge in [-0.1, -0.05) is 31.4 Å². The summed E-state index contributed by atoms with van der Waals surface area (Å²) in [5.41, 5.74) is 2.09. The van der Waals surface area contributed by atoms with Crippen LogP contribution in [0.2, 0.25) is 19.6 Å². The van der Waals surface area contributed by atoms with Crippen LogP contribution in [0.4, 0.5) is 0 Å². The fourth-order valence-electron chi connectivity index (χ4n) is 1.24. The first-order valence-corrected chi connectivity index (χ1v) is 8.31. The van der Waals surface area contributed by atoms with Crippen LogP contribution in [0.1, 0.15) is 13.8 Å². The summed E-state index contributed by atoms with van der Waals surface area (Å²) in [7, 11) is -1.12. The molecule has 0 spiro atoms. The summed E-state index contributed by atoms with van der Waals surface area (Å²) < 4.78 is 0. The van der Waals surface area contributed by atoms with E-state index < -0.39 is 8.07 Å². The lowest BCUT2D eigenvalue weighted by atomic mass is 9.76. The van der Waals surface area contributed by atoms with Gasteiger partial charge in [-0.2, -0.15) is 0 Å². The second kappa shape index (κ2) is 2.98. The van der Waals surface area contributed by atoms with Crippen LogP contribution in [0.25, 0.3) is 0 Å². The zero-order chi connectivity index (χ0) is 10.3. The Morgan fingerprint density at radius 1 is 1.38 bits per heavy atom. The van der Waals surface area contributed by atoms with E-state index in [-0.39, 0.29) is 17.4 Å². The normalized spacial score (nSPS) is 27.2. The minimum absolute atomic E-state index is 0.165. The second-order valence-corrected chi connectivity index (χ2v) is 10.5. The minimum atomic E-state index is -1.12. The van der Waals surface area contributed by atoms with Crippen LogP contribution in [-0.2, 0) is 4.79 Å². The molecule has 1 aliphatic heterocycles.